The maximum atomic E-state index is 13.2. The molecule has 0 aromatic heterocycles. The Bertz CT molecular complexity index is 1190. The fraction of sp³-hybridized carbons (Fsp3) is 0.519. The van der Waals surface area contributed by atoms with Crippen molar-refractivity contribution in [1.82, 2.24) is 10.2 Å². The van der Waals surface area contributed by atoms with Gasteiger partial charge in [0, 0.05) is 24.4 Å². The van der Waals surface area contributed by atoms with Gasteiger partial charge in [-0.3, -0.25) is 19.8 Å². The first-order chi connectivity index (χ1) is 19.4. The fourth-order valence-corrected chi connectivity index (χ4v) is 7.93. The number of benzene rings is 1. The molecule has 0 spiro atoms. The lowest BCUT2D eigenvalue weighted by molar-refractivity contribution is -0.384. The minimum absolute atomic E-state index is 0.0264. The smallest absolute Gasteiger partial charge is 0.407 e. The Morgan fingerprint density at radius 2 is 1.95 bits per heavy atom. The van der Waals surface area contributed by atoms with Crippen molar-refractivity contribution in [3.05, 3.63) is 62.5 Å². The number of fused-ring (bicyclic) bond motifs is 1. The third kappa shape index (κ3) is 8.14. The summed E-state index contributed by atoms with van der Waals surface area (Å²) >= 11 is 2.80. The quantitative estimate of drug-likeness (QED) is 0.0572. The van der Waals surface area contributed by atoms with Crippen molar-refractivity contribution in [2.75, 3.05) is 18.9 Å². The van der Waals surface area contributed by atoms with Gasteiger partial charge in [0.2, 0.25) is 5.91 Å². The number of non-ortho nitro benzene ring substituents is 1. The number of nitrogens with one attached hydrogen (secondary N) is 1. The Hall–Kier alpha value is -2.81. The van der Waals surface area contributed by atoms with Crippen LogP contribution in [0.2, 0.25) is 5.04 Å². The molecule has 3 atom stereocenters. The van der Waals surface area contributed by atoms with Crippen molar-refractivity contribution in [3.63, 3.8) is 0 Å². The highest BCUT2D eigenvalue weighted by Gasteiger charge is 2.58. The van der Waals surface area contributed by atoms with Crippen molar-refractivity contribution < 1.29 is 33.2 Å². The van der Waals surface area contributed by atoms with E-state index >= 15 is 0 Å². The first kappa shape index (κ1) is 32.7. The Morgan fingerprint density at radius 1 is 1.27 bits per heavy atom. The van der Waals surface area contributed by atoms with Gasteiger partial charge in [-0.25, -0.2) is 9.59 Å². The first-order valence-corrected chi connectivity index (χ1v) is 16.4. The van der Waals surface area contributed by atoms with E-state index in [1.165, 1.54) is 58.8 Å². The van der Waals surface area contributed by atoms with Crippen LogP contribution in [0, 0.1) is 22.0 Å². The van der Waals surface area contributed by atoms with Gasteiger partial charge < -0.3 is 19.2 Å². The number of rotatable bonds is 15. The lowest BCUT2D eigenvalue weighted by Crippen LogP contribution is -2.61. The summed E-state index contributed by atoms with van der Waals surface area (Å²) in [5, 5.41) is 13.3. The zero-order valence-corrected chi connectivity index (χ0v) is 27.0. The van der Waals surface area contributed by atoms with E-state index < -0.39 is 26.7 Å². The van der Waals surface area contributed by atoms with Crippen LogP contribution < -0.4 is 5.32 Å². The lowest BCUT2D eigenvalue weighted by atomic mass is 9.92. The van der Waals surface area contributed by atoms with E-state index in [1.807, 2.05) is 6.92 Å². The normalized spacial score (nSPS) is 19.3. The number of nitrogens with zero attached hydrogens (tertiary/aromatic N) is 2. The number of carbonyl (C=O) groups excluding carboxylic acids is 3. The summed E-state index contributed by atoms with van der Waals surface area (Å²) in [6.07, 6.45) is 0.568. The maximum Gasteiger partial charge on any atom is 0.407 e. The maximum absolute atomic E-state index is 13.2. The summed E-state index contributed by atoms with van der Waals surface area (Å²) in [5.74, 6) is -0.203. The van der Waals surface area contributed by atoms with Crippen molar-refractivity contribution >= 4 is 56.9 Å². The summed E-state index contributed by atoms with van der Waals surface area (Å²) in [7, 11) is -0.908. The molecule has 1 N–H and O–H groups in total. The van der Waals surface area contributed by atoms with Crippen LogP contribution in [0.4, 0.5) is 10.5 Å². The van der Waals surface area contributed by atoms with Crippen molar-refractivity contribution in [1.29, 1.82) is 0 Å². The molecule has 0 bridgehead atoms. The van der Waals surface area contributed by atoms with Crippen LogP contribution >= 0.6 is 23.5 Å². The number of nitro groups is 1. The molecule has 3 rings (SSSR count). The number of nitro benzene ring substituents is 1. The third-order valence-corrected chi connectivity index (χ3v) is 12.1. The van der Waals surface area contributed by atoms with Gasteiger partial charge in [-0.1, -0.05) is 52.1 Å². The largest absolute Gasteiger partial charge is 0.457 e. The molecule has 2 heterocycles. The fourth-order valence-electron chi connectivity index (χ4n) is 3.86. The van der Waals surface area contributed by atoms with Crippen LogP contribution in [0.3, 0.4) is 0 Å². The van der Waals surface area contributed by atoms with Gasteiger partial charge in [0.1, 0.15) is 18.6 Å². The topological polar surface area (TPSA) is 137 Å². The van der Waals surface area contributed by atoms with Crippen molar-refractivity contribution in [3.8, 4) is 0 Å². The van der Waals surface area contributed by atoms with Crippen LogP contribution in [0.25, 0.3) is 0 Å². The van der Waals surface area contributed by atoms with E-state index in [0.29, 0.717) is 21.5 Å². The van der Waals surface area contributed by atoms with Gasteiger partial charge >= 0.3 is 12.1 Å². The molecule has 2 amide bonds. The number of β-lactam (4-membered cyclic amide) rings is 1. The standard InChI is InChI=1S/C27H37N3O8S2Si/c1-7-13-36-24(32)21-25(39-14-12-28-26(33)37-15-18-8-10-19(11-9-18)30(34)35)40-23-20(22(31)29(21)23)17(4)38-41-27(5,6)16(2)3/h7-11,16-17,20,23H,1,12-15,41H2,2-6H3,(H,28,33)/t17?,20-,23+/m0/s1. The van der Waals surface area contributed by atoms with Crippen molar-refractivity contribution in [2.24, 2.45) is 11.8 Å². The van der Waals surface area contributed by atoms with Gasteiger partial charge in [0.25, 0.3) is 5.69 Å². The number of esters is 1. The van der Waals surface area contributed by atoms with E-state index in [9.17, 15) is 24.5 Å². The SMILES string of the molecule is C=CCOC(=O)C1=C(SCCNC(=O)OCc2ccc([N+](=O)[O-])cc2)S[C@@H]2[C@@H](C(C)O[SiH2]C(C)(C)C(C)C)C(=O)N12. The second kappa shape index (κ2) is 14.4. The molecular weight excluding hydrogens is 587 g/mol. The van der Waals surface area contributed by atoms with Gasteiger partial charge in [-0.15, -0.1) is 11.8 Å². The van der Waals surface area contributed by atoms with E-state index in [4.69, 9.17) is 13.9 Å². The summed E-state index contributed by atoms with van der Waals surface area (Å²) < 4.78 is 17.4. The number of thioether (sulfide) groups is 2. The molecule has 2 aliphatic rings. The minimum Gasteiger partial charge on any atom is -0.457 e. The zero-order valence-electron chi connectivity index (χ0n) is 23.9. The number of hydrogen-bond acceptors (Lipinski definition) is 10. The summed E-state index contributed by atoms with van der Waals surface area (Å²) in [6.45, 7) is 14.5. The molecule has 1 aromatic carbocycles. The summed E-state index contributed by atoms with van der Waals surface area (Å²) in [5.41, 5.74) is 0.798. The van der Waals surface area contributed by atoms with Crippen LogP contribution in [0.15, 0.2) is 46.9 Å². The van der Waals surface area contributed by atoms with Crippen LogP contribution in [0.1, 0.15) is 40.2 Å². The molecular formula is C27H37N3O8S2Si. The van der Waals surface area contributed by atoms with E-state index in [-0.39, 0.29) is 59.5 Å². The van der Waals surface area contributed by atoms with Gasteiger partial charge in [-0.05, 0) is 35.6 Å². The van der Waals surface area contributed by atoms with Crippen LogP contribution in [-0.2, 0) is 30.1 Å². The molecule has 2 aliphatic heterocycles. The highest BCUT2D eigenvalue weighted by Crippen LogP contribution is 2.54. The molecule has 1 fully saturated rings. The number of ether oxygens (including phenoxy) is 2. The second-order valence-corrected chi connectivity index (χ2v) is 15.6. The Kier molecular flexibility index (Phi) is 11.5. The summed E-state index contributed by atoms with van der Waals surface area (Å²) in [6, 6.07) is 5.74. The lowest BCUT2D eigenvalue weighted by Gasteiger charge is -2.45. The minimum atomic E-state index is -0.908. The molecule has 1 saturated heterocycles. The number of amides is 2. The van der Waals surface area contributed by atoms with E-state index in [1.54, 1.807) is 0 Å². The first-order valence-electron chi connectivity index (χ1n) is 13.3. The van der Waals surface area contributed by atoms with E-state index in [2.05, 4.69) is 39.6 Å². The average molecular weight is 624 g/mol. The molecule has 0 radical (unpaired) electrons. The highest BCUT2D eigenvalue weighted by molar-refractivity contribution is 8.22. The van der Waals surface area contributed by atoms with Gasteiger partial charge in [-0.2, -0.15) is 0 Å². The molecule has 224 valence electrons. The molecule has 0 aliphatic carbocycles. The van der Waals surface area contributed by atoms with E-state index in [0.717, 1.165) is 0 Å². The number of hydrogen-bond donors (Lipinski definition) is 1. The van der Waals surface area contributed by atoms with Crippen LogP contribution in [-0.4, -0.2) is 67.9 Å². The summed E-state index contributed by atoms with van der Waals surface area (Å²) in [4.78, 5) is 50.0. The Balaban J connectivity index is 1.54. The Labute approximate surface area is 250 Å². The Morgan fingerprint density at radius 3 is 2.56 bits per heavy atom. The molecule has 1 unspecified atom stereocenters. The zero-order chi connectivity index (χ0) is 30.3. The second-order valence-electron chi connectivity index (χ2n) is 10.7. The predicted molar refractivity (Wildman–Crippen MR) is 162 cm³/mol. The predicted octanol–water partition coefficient (Wildman–Crippen LogP) is 4.33. The van der Waals surface area contributed by atoms with Gasteiger partial charge in [0.15, 0.2) is 15.5 Å². The number of carbonyl (C=O) groups is 3. The highest BCUT2D eigenvalue weighted by atomic mass is 32.2. The number of alkyl carbamates (subject to hydrolysis) is 1. The molecule has 11 nitrogen and oxygen atoms in total. The average Bonchev–Trinajstić information content (AvgIpc) is 3.26. The molecule has 41 heavy (non-hydrogen) atoms. The molecule has 1 aromatic rings. The molecule has 0 saturated carbocycles. The van der Waals surface area contributed by atoms with Crippen molar-refractivity contribution in [2.45, 2.75) is 57.7 Å². The van der Waals surface area contributed by atoms with Crippen LogP contribution in [0.5, 0.6) is 0 Å². The third-order valence-electron chi connectivity index (χ3n) is 7.18. The monoisotopic (exact) mass is 623 g/mol. The molecule has 14 heteroatoms. The van der Waals surface area contributed by atoms with Gasteiger partial charge in [0.05, 0.1) is 21.2 Å².